The Bertz CT molecular complexity index is 51.1. The smallest absolute Gasteiger partial charge is 0.0871 e. The van der Waals surface area contributed by atoms with E-state index in [1.807, 2.05) is 0 Å². The average Bonchev–Trinajstić information content (AvgIpc) is 1.90. The van der Waals surface area contributed by atoms with Crippen molar-refractivity contribution in [2.45, 2.75) is 38.5 Å². The summed E-state index contributed by atoms with van der Waals surface area (Å²) >= 11 is 0. The van der Waals surface area contributed by atoms with E-state index in [2.05, 4.69) is 6.92 Å². The number of rotatable bonds is 1. The quantitative estimate of drug-likeness (QED) is 0.455. The zero-order valence-corrected chi connectivity index (χ0v) is 5.45. The van der Waals surface area contributed by atoms with E-state index in [1.165, 1.54) is 32.1 Å². The normalized spacial score (nSPS) is 21.4. The van der Waals surface area contributed by atoms with Gasteiger partial charge in [0, 0.05) is 0 Å². The zero-order valence-electron chi connectivity index (χ0n) is 5.45. The van der Waals surface area contributed by atoms with E-state index in [1.54, 1.807) is 5.92 Å². The van der Waals surface area contributed by atoms with Crippen LogP contribution in [0.25, 0.3) is 0 Å². The first kappa shape index (κ1) is 6.00. The summed E-state index contributed by atoms with van der Waals surface area (Å²) in [6.45, 7) is 3.87. The third-order valence-electron chi connectivity index (χ3n) is 1.91. The van der Waals surface area contributed by atoms with Crippen molar-refractivity contribution in [1.29, 1.82) is 0 Å². The van der Waals surface area contributed by atoms with Crippen molar-refractivity contribution in [3.8, 4) is 0 Å². The monoisotopic (exact) mass is 110 g/mol. The summed E-state index contributed by atoms with van der Waals surface area (Å²) in [6.07, 6.45) is 8.10. The van der Waals surface area contributed by atoms with E-state index >= 15 is 0 Å². The van der Waals surface area contributed by atoms with Gasteiger partial charge in [0.05, 0.1) is 18.8 Å². The zero-order chi connectivity index (χ0) is 5.82. The van der Waals surface area contributed by atoms with E-state index < -0.39 is 0 Å². The van der Waals surface area contributed by atoms with Gasteiger partial charge >= 0.3 is 0 Å². The molecule has 0 aliphatic heterocycles. The number of hydrogen-bond donors (Lipinski definition) is 0. The van der Waals surface area contributed by atoms with Gasteiger partial charge in [-0.2, -0.15) is 0 Å². The van der Waals surface area contributed by atoms with Gasteiger partial charge in [0.25, 0.3) is 0 Å². The van der Waals surface area contributed by atoms with Crippen molar-refractivity contribution < 1.29 is 0 Å². The summed E-state index contributed by atoms with van der Waals surface area (Å²) < 4.78 is 0. The predicted molar refractivity (Wildman–Crippen MR) is 36.3 cm³/mol. The Hall–Kier alpha value is -0.130. The molecule has 1 saturated carbocycles. The maximum Gasteiger partial charge on any atom is 0.0871 e. The summed E-state index contributed by atoms with van der Waals surface area (Å²) in [6, 6.07) is 0. The summed E-state index contributed by atoms with van der Waals surface area (Å²) in [5, 5.41) is 0. The average molecular weight is 110 g/mol. The van der Waals surface area contributed by atoms with Crippen LogP contribution in [-0.4, -0.2) is 0 Å². The van der Waals surface area contributed by atoms with Crippen LogP contribution in [0.5, 0.6) is 0 Å². The highest BCUT2D eigenvalue weighted by molar-refractivity contribution is 4.92. The van der Waals surface area contributed by atoms with E-state index in [0.717, 1.165) is 6.42 Å². The van der Waals surface area contributed by atoms with Crippen LogP contribution in [0.15, 0.2) is 0 Å². The molecule has 0 radical (unpaired) electrons. The van der Waals surface area contributed by atoms with Crippen LogP contribution in [0.2, 0.25) is 0 Å². The van der Waals surface area contributed by atoms with E-state index in [4.69, 9.17) is 0 Å². The summed E-state index contributed by atoms with van der Waals surface area (Å²) in [5.74, 6) is 1.69. The predicted octanol–water partition coefficient (Wildman–Crippen LogP) is 2.75. The van der Waals surface area contributed by atoms with Gasteiger partial charge in [-0.25, -0.2) is 0 Å². The lowest BCUT2D eigenvalue weighted by Crippen LogP contribution is -2.01. The van der Waals surface area contributed by atoms with Crippen LogP contribution < -0.4 is 0 Å². The SMILES string of the molecule is [CH2-]C[C+]1CCCCC1. The molecule has 0 heterocycles. The Morgan fingerprint density at radius 3 is 2.12 bits per heavy atom. The van der Waals surface area contributed by atoms with Gasteiger partial charge in [0.15, 0.2) is 0 Å². The van der Waals surface area contributed by atoms with Gasteiger partial charge in [-0.1, -0.05) is 0 Å². The molecule has 0 aromatic heterocycles. The first-order valence-electron chi connectivity index (χ1n) is 3.56. The van der Waals surface area contributed by atoms with Gasteiger partial charge in [-0.15, -0.1) is 0 Å². The molecule has 1 aliphatic carbocycles. The second-order valence-electron chi connectivity index (χ2n) is 2.56. The lowest BCUT2D eigenvalue weighted by atomic mass is 9.88. The third kappa shape index (κ3) is 1.43. The van der Waals surface area contributed by atoms with Crippen LogP contribution in [0.1, 0.15) is 38.5 Å². The second-order valence-corrected chi connectivity index (χ2v) is 2.56. The molecule has 0 saturated heterocycles. The summed E-state index contributed by atoms with van der Waals surface area (Å²) in [7, 11) is 0. The maximum atomic E-state index is 3.87. The van der Waals surface area contributed by atoms with E-state index in [0.29, 0.717) is 0 Å². The molecule has 0 nitrogen and oxygen atoms in total. The summed E-state index contributed by atoms with van der Waals surface area (Å²) in [4.78, 5) is 0. The molecule has 1 fully saturated rings. The molecule has 1 aliphatic rings. The van der Waals surface area contributed by atoms with Crippen molar-refractivity contribution >= 4 is 0 Å². The molecule has 0 aromatic carbocycles. The number of hydrogen-bond acceptors (Lipinski definition) is 0. The Balaban J connectivity index is 2.13. The van der Waals surface area contributed by atoms with Gasteiger partial charge in [-0.3, -0.25) is 6.92 Å². The van der Waals surface area contributed by atoms with E-state index in [9.17, 15) is 0 Å². The van der Waals surface area contributed by atoms with E-state index in [-0.39, 0.29) is 0 Å². The van der Waals surface area contributed by atoms with Crippen LogP contribution in [0.3, 0.4) is 0 Å². The molecule has 46 valence electrons. The molecule has 8 heavy (non-hydrogen) atoms. The fourth-order valence-corrected chi connectivity index (χ4v) is 1.30. The Kier molecular flexibility index (Phi) is 2.26. The molecule has 0 N–H and O–H groups in total. The van der Waals surface area contributed by atoms with Crippen molar-refractivity contribution in [1.82, 2.24) is 0 Å². The van der Waals surface area contributed by atoms with Crippen molar-refractivity contribution in [2.75, 3.05) is 0 Å². The highest BCUT2D eigenvalue weighted by Crippen LogP contribution is 2.27. The minimum Gasteiger partial charge on any atom is -0.299 e. The molecule has 0 spiro atoms. The highest BCUT2D eigenvalue weighted by atomic mass is 14.2. The molecular weight excluding hydrogens is 96.1 g/mol. The van der Waals surface area contributed by atoms with Crippen molar-refractivity contribution in [3.63, 3.8) is 0 Å². The lowest BCUT2D eigenvalue weighted by molar-refractivity contribution is 0.523. The first-order chi connectivity index (χ1) is 3.93. The Labute approximate surface area is 52.3 Å². The molecule has 0 atom stereocenters. The molecule has 0 heteroatoms. The fourth-order valence-electron chi connectivity index (χ4n) is 1.30. The topological polar surface area (TPSA) is 0 Å². The molecule has 1 rings (SSSR count). The Morgan fingerprint density at radius 2 is 1.75 bits per heavy atom. The molecule has 0 bridgehead atoms. The molecule has 0 amide bonds. The largest absolute Gasteiger partial charge is 0.299 e. The minimum absolute atomic E-state index is 1.08. The lowest BCUT2D eigenvalue weighted by Gasteiger charge is -2.11. The highest BCUT2D eigenvalue weighted by Gasteiger charge is 2.17. The van der Waals surface area contributed by atoms with Crippen LogP contribution in [0, 0.1) is 12.8 Å². The maximum absolute atomic E-state index is 3.87. The van der Waals surface area contributed by atoms with Crippen molar-refractivity contribution in [2.24, 2.45) is 0 Å². The van der Waals surface area contributed by atoms with Crippen LogP contribution in [0.4, 0.5) is 0 Å². The molecule has 0 aromatic rings. The van der Waals surface area contributed by atoms with Gasteiger partial charge in [0.1, 0.15) is 0 Å². The Morgan fingerprint density at radius 1 is 1.12 bits per heavy atom. The third-order valence-corrected chi connectivity index (χ3v) is 1.91. The van der Waals surface area contributed by atoms with Crippen LogP contribution >= 0.6 is 0 Å². The first-order valence-corrected chi connectivity index (χ1v) is 3.56. The molecule has 0 unspecified atom stereocenters. The van der Waals surface area contributed by atoms with Crippen molar-refractivity contribution in [3.05, 3.63) is 12.8 Å². The fraction of sp³-hybridized carbons (Fsp3) is 0.750. The standard InChI is InChI=1S/C8H14/c1-2-8-6-4-3-5-7-8/h1-7H2. The van der Waals surface area contributed by atoms with Gasteiger partial charge in [-0.05, 0) is 25.7 Å². The van der Waals surface area contributed by atoms with Crippen LogP contribution in [-0.2, 0) is 0 Å². The van der Waals surface area contributed by atoms with Gasteiger partial charge < -0.3 is 0 Å². The van der Waals surface area contributed by atoms with Gasteiger partial charge in [0.2, 0.25) is 0 Å². The second kappa shape index (κ2) is 3.01. The minimum atomic E-state index is 1.08. The summed E-state index contributed by atoms with van der Waals surface area (Å²) in [5.41, 5.74) is 0. The molecular formula is C8H14.